The molecule has 0 aromatic carbocycles. The smallest absolute Gasteiger partial charge is 0.309 e. The second-order valence-electron chi connectivity index (χ2n) is 4.22. The van der Waals surface area contributed by atoms with Crippen molar-refractivity contribution < 1.29 is 9.53 Å². The van der Waals surface area contributed by atoms with E-state index >= 15 is 0 Å². The Morgan fingerprint density at radius 3 is 2.77 bits per heavy atom. The first-order valence-corrected chi connectivity index (χ1v) is 4.70. The van der Waals surface area contributed by atoms with Crippen LogP contribution in [0.1, 0.15) is 0 Å². The van der Waals surface area contributed by atoms with Gasteiger partial charge in [-0.3, -0.25) is 4.79 Å². The number of esters is 1. The summed E-state index contributed by atoms with van der Waals surface area (Å²) >= 11 is 0. The van der Waals surface area contributed by atoms with Crippen LogP contribution in [0.3, 0.4) is 0 Å². The van der Waals surface area contributed by atoms with E-state index in [1.807, 2.05) is 0 Å². The number of methoxy groups -OCH3 is 1. The third-order valence-corrected chi connectivity index (χ3v) is 3.80. The molecule has 68 valence electrons. The van der Waals surface area contributed by atoms with E-state index in [9.17, 15) is 4.79 Å². The lowest BCUT2D eigenvalue weighted by Crippen LogP contribution is -2.26. The molecule has 0 unspecified atom stereocenters. The largest absolute Gasteiger partial charge is 0.469 e. The molecule has 0 aromatic heterocycles. The van der Waals surface area contributed by atoms with Gasteiger partial charge in [-0.1, -0.05) is 24.3 Å². The van der Waals surface area contributed by atoms with Crippen LogP contribution >= 0.6 is 0 Å². The lowest BCUT2D eigenvalue weighted by atomic mass is 9.81. The highest BCUT2D eigenvalue weighted by Crippen LogP contribution is 2.68. The minimum absolute atomic E-state index is 0.0505. The Morgan fingerprint density at radius 1 is 1.54 bits per heavy atom. The summed E-state index contributed by atoms with van der Waals surface area (Å²) in [6.07, 6.45) is 4.38. The van der Waals surface area contributed by atoms with Gasteiger partial charge >= 0.3 is 5.97 Å². The third-order valence-electron chi connectivity index (χ3n) is 3.80. The Hall–Kier alpha value is -1.05. The molecular weight excluding hydrogens is 164 g/mol. The van der Waals surface area contributed by atoms with Crippen LogP contribution in [-0.4, -0.2) is 13.1 Å². The molecule has 2 heteroatoms. The third kappa shape index (κ3) is 0.679. The molecule has 5 atom stereocenters. The van der Waals surface area contributed by atoms with Gasteiger partial charge in [0.1, 0.15) is 0 Å². The molecule has 0 amide bonds. The summed E-state index contributed by atoms with van der Waals surface area (Å²) in [6.45, 7) is 4.07. The first kappa shape index (κ1) is 7.36. The van der Waals surface area contributed by atoms with Gasteiger partial charge in [0.05, 0.1) is 13.0 Å². The summed E-state index contributed by atoms with van der Waals surface area (Å²) in [5, 5.41) is 0. The number of hydrogen-bond acceptors (Lipinski definition) is 2. The van der Waals surface area contributed by atoms with Crippen molar-refractivity contribution in [2.45, 2.75) is 0 Å². The standard InChI is InChI=1S/C11H12O2/c1-5-6-3-4-7-8(5)9(7)10(6)11(12)13-2/h3-4,6-10H,1H2,2H3/t6-,7+,8-,9+,10-/m0/s1. The van der Waals surface area contributed by atoms with Crippen molar-refractivity contribution in [3.8, 4) is 0 Å². The molecule has 4 bridgehead atoms. The summed E-state index contributed by atoms with van der Waals surface area (Å²) in [5.74, 6) is 2.02. The minimum atomic E-state index is -0.0505. The summed E-state index contributed by atoms with van der Waals surface area (Å²) in [4.78, 5) is 11.5. The van der Waals surface area contributed by atoms with E-state index < -0.39 is 0 Å². The molecular formula is C11H12O2. The van der Waals surface area contributed by atoms with Crippen LogP contribution in [-0.2, 0) is 9.53 Å². The highest BCUT2D eigenvalue weighted by Gasteiger charge is 2.66. The maximum atomic E-state index is 11.5. The maximum absolute atomic E-state index is 11.5. The van der Waals surface area contributed by atoms with Crippen LogP contribution in [0.4, 0.5) is 0 Å². The summed E-state index contributed by atoms with van der Waals surface area (Å²) in [7, 11) is 1.47. The van der Waals surface area contributed by atoms with E-state index in [0.717, 1.165) is 0 Å². The van der Waals surface area contributed by atoms with Crippen molar-refractivity contribution in [2.75, 3.05) is 7.11 Å². The first-order valence-electron chi connectivity index (χ1n) is 4.70. The number of hydrogen-bond donors (Lipinski definition) is 0. The molecule has 0 aromatic rings. The summed E-state index contributed by atoms with van der Waals surface area (Å²) in [6, 6.07) is 0. The van der Waals surface area contributed by atoms with Gasteiger partial charge in [0.2, 0.25) is 0 Å². The van der Waals surface area contributed by atoms with E-state index in [2.05, 4.69) is 18.7 Å². The molecule has 4 rings (SSSR count). The second kappa shape index (κ2) is 2.06. The zero-order chi connectivity index (χ0) is 9.16. The number of carbonyl (C=O) groups excluding carboxylic acids is 1. The highest BCUT2D eigenvalue weighted by atomic mass is 16.5. The van der Waals surface area contributed by atoms with Crippen LogP contribution in [0.15, 0.2) is 24.3 Å². The van der Waals surface area contributed by atoms with Gasteiger partial charge < -0.3 is 4.74 Å². The molecule has 4 aliphatic carbocycles. The molecule has 0 spiro atoms. The Morgan fingerprint density at radius 2 is 2.31 bits per heavy atom. The molecule has 13 heavy (non-hydrogen) atoms. The molecule has 4 aliphatic rings. The van der Waals surface area contributed by atoms with E-state index in [4.69, 9.17) is 4.74 Å². The average molecular weight is 176 g/mol. The predicted molar refractivity (Wildman–Crippen MR) is 47.7 cm³/mol. The van der Waals surface area contributed by atoms with Gasteiger partial charge in [-0.25, -0.2) is 0 Å². The van der Waals surface area contributed by atoms with Crippen LogP contribution in [0.25, 0.3) is 0 Å². The van der Waals surface area contributed by atoms with Gasteiger partial charge in [0, 0.05) is 5.92 Å². The SMILES string of the molecule is C=C1[C@H]2[C@H]3C=C[C@@H]1[C@H](C(=O)OC)[C@H]32. The zero-order valence-electron chi connectivity index (χ0n) is 7.57. The molecule has 0 saturated heterocycles. The number of allylic oxidation sites excluding steroid dienone is 3. The Balaban J connectivity index is 1.99. The fraction of sp³-hybridized carbons (Fsp3) is 0.545. The average Bonchev–Trinajstić information content (AvgIpc) is 2.83. The quantitative estimate of drug-likeness (QED) is 0.446. The van der Waals surface area contributed by atoms with Gasteiger partial charge in [-0.2, -0.15) is 0 Å². The van der Waals surface area contributed by atoms with Crippen molar-refractivity contribution >= 4 is 5.97 Å². The van der Waals surface area contributed by atoms with Crippen molar-refractivity contribution in [3.05, 3.63) is 24.3 Å². The van der Waals surface area contributed by atoms with Crippen LogP contribution in [0.2, 0.25) is 0 Å². The Labute approximate surface area is 77.3 Å². The van der Waals surface area contributed by atoms with Crippen molar-refractivity contribution in [1.29, 1.82) is 0 Å². The maximum Gasteiger partial charge on any atom is 0.309 e. The molecule has 2 saturated carbocycles. The molecule has 0 N–H and O–H groups in total. The fourth-order valence-electron chi connectivity index (χ4n) is 3.19. The van der Waals surface area contributed by atoms with E-state index in [1.165, 1.54) is 12.7 Å². The number of ether oxygens (including phenoxy) is 1. The zero-order valence-corrected chi connectivity index (χ0v) is 7.57. The number of carbonyl (C=O) groups is 1. The molecule has 2 fully saturated rings. The molecule has 0 heterocycles. The fourth-order valence-corrected chi connectivity index (χ4v) is 3.19. The van der Waals surface area contributed by atoms with E-state index in [0.29, 0.717) is 17.8 Å². The molecule has 0 aliphatic heterocycles. The van der Waals surface area contributed by atoms with Crippen molar-refractivity contribution in [2.24, 2.45) is 29.6 Å². The first-order chi connectivity index (χ1) is 6.25. The topological polar surface area (TPSA) is 26.3 Å². The Bertz CT molecular complexity index is 329. The van der Waals surface area contributed by atoms with E-state index in [1.54, 1.807) is 0 Å². The molecule has 0 radical (unpaired) electrons. The van der Waals surface area contributed by atoms with Crippen LogP contribution in [0.5, 0.6) is 0 Å². The lowest BCUT2D eigenvalue weighted by Gasteiger charge is -2.24. The highest BCUT2D eigenvalue weighted by molar-refractivity contribution is 5.77. The Kier molecular flexibility index (Phi) is 1.17. The van der Waals surface area contributed by atoms with Gasteiger partial charge in [-0.05, 0) is 17.8 Å². The van der Waals surface area contributed by atoms with Crippen molar-refractivity contribution in [1.82, 2.24) is 0 Å². The van der Waals surface area contributed by atoms with E-state index in [-0.39, 0.29) is 17.8 Å². The minimum Gasteiger partial charge on any atom is -0.469 e. The predicted octanol–water partition coefficient (Wildman–Crippen LogP) is 1.39. The van der Waals surface area contributed by atoms with Gasteiger partial charge in [0.15, 0.2) is 0 Å². The van der Waals surface area contributed by atoms with Crippen molar-refractivity contribution in [3.63, 3.8) is 0 Å². The van der Waals surface area contributed by atoms with Gasteiger partial charge in [-0.15, -0.1) is 0 Å². The summed E-state index contributed by atoms with van der Waals surface area (Å²) in [5.41, 5.74) is 1.26. The van der Waals surface area contributed by atoms with Crippen LogP contribution < -0.4 is 0 Å². The normalized spacial score (nSPS) is 49.3. The second-order valence-corrected chi connectivity index (χ2v) is 4.22. The number of rotatable bonds is 1. The van der Waals surface area contributed by atoms with Crippen LogP contribution in [0, 0.1) is 29.6 Å². The monoisotopic (exact) mass is 176 g/mol. The van der Waals surface area contributed by atoms with Gasteiger partial charge in [0.25, 0.3) is 0 Å². The molecule has 2 nitrogen and oxygen atoms in total. The summed E-state index contributed by atoms with van der Waals surface area (Å²) < 4.78 is 4.82. The lowest BCUT2D eigenvalue weighted by molar-refractivity contribution is -0.147.